The molecule has 28 heavy (non-hydrogen) atoms. The molecule has 0 bridgehead atoms. The van der Waals surface area contributed by atoms with Gasteiger partial charge in [-0.15, -0.1) is 0 Å². The number of ether oxygens (including phenoxy) is 1. The van der Waals surface area contributed by atoms with E-state index in [1.807, 2.05) is 6.07 Å². The topological polar surface area (TPSA) is 108 Å². The summed E-state index contributed by atoms with van der Waals surface area (Å²) in [6.07, 6.45) is 1.53. The van der Waals surface area contributed by atoms with Crippen LogP contribution in [0.4, 0.5) is 0 Å². The molecule has 0 aliphatic rings. The quantitative estimate of drug-likeness (QED) is 0.544. The van der Waals surface area contributed by atoms with Crippen molar-refractivity contribution in [2.75, 3.05) is 13.7 Å². The SMILES string of the molecule is COCCn1c(=O)c2c(-c3noc(C(C)(C)O)n3)ncn2c2ccc(Cl)cc21. The molecule has 4 rings (SSSR count). The standard InChI is InChI=1S/C18H18ClN5O4/c1-18(2,26)17-21-15(22-28-17)13-14-16(25)23(6-7-27-3)12-8-10(19)4-5-11(12)24(14)9-20-13/h4-5,8-9,26H,6-7H2,1-3H3. The van der Waals surface area contributed by atoms with Crippen molar-refractivity contribution in [1.29, 1.82) is 0 Å². The molecule has 9 nitrogen and oxygen atoms in total. The number of imidazole rings is 1. The van der Waals surface area contributed by atoms with Crippen molar-refractivity contribution in [2.24, 2.45) is 0 Å². The Kier molecular flexibility index (Phi) is 4.45. The van der Waals surface area contributed by atoms with Crippen LogP contribution in [-0.4, -0.2) is 42.9 Å². The van der Waals surface area contributed by atoms with Gasteiger partial charge in [0.05, 0.1) is 17.6 Å². The van der Waals surface area contributed by atoms with Gasteiger partial charge in [0.25, 0.3) is 11.4 Å². The molecule has 0 aliphatic heterocycles. The molecule has 10 heteroatoms. The Hall–Kier alpha value is -2.75. The maximum Gasteiger partial charge on any atom is 0.277 e. The Labute approximate surface area is 164 Å². The number of nitrogens with zero attached hydrogens (tertiary/aromatic N) is 5. The Morgan fingerprint density at radius 2 is 2.11 bits per heavy atom. The Bertz CT molecular complexity index is 1230. The molecule has 0 unspecified atom stereocenters. The van der Waals surface area contributed by atoms with Gasteiger partial charge in [-0.2, -0.15) is 4.98 Å². The number of benzene rings is 1. The van der Waals surface area contributed by atoms with Gasteiger partial charge in [-0.3, -0.25) is 9.20 Å². The van der Waals surface area contributed by atoms with Gasteiger partial charge < -0.3 is 18.9 Å². The molecule has 0 aliphatic carbocycles. The zero-order valence-corrected chi connectivity index (χ0v) is 16.3. The summed E-state index contributed by atoms with van der Waals surface area (Å²) in [5.41, 5.74) is 0.398. The van der Waals surface area contributed by atoms with E-state index in [9.17, 15) is 9.90 Å². The summed E-state index contributed by atoms with van der Waals surface area (Å²) in [7, 11) is 1.57. The number of halogens is 1. The molecule has 0 saturated carbocycles. The van der Waals surface area contributed by atoms with Crippen molar-refractivity contribution < 1.29 is 14.4 Å². The summed E-state index contributed by atoms with van der Waals surface area (Å²) < 4.78 is 13.5. The van der Waals surface area contributed by atoms with Crippen molar-refractivity contribution in [3.63, 3.8) is 0 Å². The number of rotatable bonds is 5. The van der Waals surface area contributed by atoms with Crippen LogP contribution in [-0.2, 0) is 16.9 Å². The smallest absolute Gasteiger partial charge is 0.277 e. The first-order valence-corrected chi connectivity index (χ1v) is 8.94. The van der Waals surface area contributed by atoms with E-state index in [1.54, 1.807) is 28.2 Å². The first-order valence-electron chi connectivity index (χ1n) is 8.56. The summed E-state index contributed by atoms with van der Waals surface area (Å²) in [6.45, 7) is 3.76. The molecular weight excluding hydrogens is 386 g/mol. The highest BCUT2D eigenvalue weighted by atomic mass is 35.5. The summed E-state index contributed by atoms with van der Waals surface area (Å²) in [4.78, 5) is 21.8. The maximum atomic E-state index is 13.3. The molecule has 1 N–H and O–H groups in total. The summed E-state index contributed by atoms with van der Waals surface area (Å²) in [6, 6.07) is 5.29. The van der Waals surface area contributed by atoms with Gasteiger partial charge >= 0.3 is 0 Å². The van der Waals surface area contributed by atoms with Crippen molar-refractivity contribution in [1.82, 2.24) is 24.1 Å². The van der Waals surface area contributed by atoms with Gasteiger partial charge in [0, 0.05) is 18.7 Å². The van der Waals surface area contributed by atoms with Crippen molar-refractivity contribution in [2.45, 2.75) is 26.0 Å². The first-order chi connectivity index (χ1) is 13.3. The maximum absolute atomic E-state index is 13.3. The van der Waals surface area contributed by atoms with E-state index in [1.165, 1.54) is 20.2 Å². The predicted molar refractivity (Wildman–Crippen MR) is 102 cm³/mol. The molecule has 146 valence electrons. The molecule has 0 spiro atoms. The van der Waals surface area contributed by atoms with Crippen molar-refractivity contribution >= 4 is 28.2 Å². The van der Waals surface area contributed by atoms with Crippen molar-refractivity contribution in [3.8, 4) is 11.5 Å². The summed E-state index contributed by atoms with van der Waals surface area (Å²) in [5, 5.41) is 14.5. The largest absolute Gasteiger partial charge is 0.383 e. The van der Waals surface area contributed by atoms with E-state index >= 15 is 0 Å². The normalized spacial score (nSPS) is 12.3. The lowest BCUT2D eigenvalue weighted by atomic mass is 10.1. The number of aromatic nitrogens is 5. The fraction of sp³-hybridized carbons (Fsp3) is 0.333. The molecule has 3 aromatic heterocycles. The molecule has 0 atom stereocenters. The van der Waals surface area contributed by atoms with Crippen LogP contribution in [0, 0.1) is 0 Å². The predicted octanol–water partition coefficient (Wildman–Crippen LogP) is 2.23. The van der Waals surface area contributed by atoms with E-state index in [4.69, 9.17) is 20.9 Å². The lowest BCUT2D eigenvalue weighted by Crippen LogP contribution is -2.25. The lowest BCUT2D eigenvalue weighted by Gasteiger charge is -2.12. The van der Waals surface area contributed by atoms with Crippen LogP contribution in [0.1, 0.15) is 19.7 Å². The van der Waals surface area contributed by atoms with Gasteiger partial charge in [-0.05, 0) is 32.0 Å². The minimum absolute atomic E-state index is 0.0379. The van der Waals surface area contributed by atoms with Gasteiger partial charge in [0.2, 0.25) is 5.82 Å². The monoisotopic (exact) mass is 403 g/mol. The number of aliphatic hydroxyl groups is 1. The van der Waals surface area contributed by atoms with Gasteiger partial charge in [-0.1, -0.05) is 16.8 Å². The number of fused-ring (bicyclic) bond motifs is 3. The molecule has 3 heterocycles. The van der Waals surface area contributed by atoms with Crippen LogP contribution >= 0.6 is 11.6 Å². The average molecular weight is 404 g/mol. The second-order valence-electron chi connectivity index (χ2n) is 6.88. The third-order valence-corrected chi connectivity index (χ3v) is 4.62. The zero-order valence-electron chi connectivity index (χ0n) is 15.5. The second-order valence-corrected chi connectivity index (χ2v) is 7.31. The second kappa shape index (κ2) is 6.69. The van der Waals surface area contributed by atoms with E-state index in [-0.39, 0.29) is 23.0 Å². The Morgan fingerprint density at radius 3 is 2.79 bits per heavy atom. The zero-order chi connectivity index (χ0) is 20.1. The lowest BCUT2D eigenvalue weighted by molar-refractivity contribution is 0.0420. The van der Waals surface area contributed by atoms with Gasteiger partial charge in [-0.25, -0.2) is 4.98 Å². The van der Waals surface area contributed by atoms with Crippen LogP contribution in [0.15, 0.2) is 33.8 Å². The highest BCUT2D eigenvalue weighted by Gasteiger charge is 2.27. The van der Waals surface area contributed by atoms with Crippen LogP contribution < -0.4 is 5.56 Å². The third-order valence-electron chi connectivity index (χ3n) is 4.38. The first kappa shape index (κ1) is 18.6. The fourth-order valence-corrected chi connectivity index (χ4v) is 3.19. The number of methoxy groups -OCH3 is 1. The summed E-state index contributed by atoms with van der Waals surface area (Å²) in [5.74, 6) is 0.166. The van der Waals surface area contributed by atoms with E-state index in [2.05, 4.69) is 15.1 Å². The molecular formula is C18H18ClN5O4. The van der Waals surface area contributed by atoms with Crippen LogP contribution in [0.2, 0.25) is 5.02 Å². The summed E-state index contributed by atoms with van der Waals surface area (Å²) >= 11 is 6.15. The van der Waals surface area contributed by atoms with Gasteiger partial charge in [0.1, 0.15) is 23.1 Å². The van der Waals surface area contributed by atoms with Crippen LogP contribution in [0.3, 0.4) is 0 Å². The molecule has 0 amide bonds. The van der Waals surface area contributed by atoms with Crippen LogP contribution in [0.5, 0.6) is 0 Å². The molecule has 0 saturated heterocycles. The highest BCUT2D eigenvalue weighted by Crippen LogP contribution is 2.26. The highest BCUT2D eigenvalue weighted by molar-refractivity contribution is 6.31. The van der Waals surface area contributed by atoms with Gasteiger partial charge in [0.15, 0.2) is 0 Å². The molecule has 0 radical (unpaired) electrons. The van der Waals surface area contributed by atoms with E-state index in [0.29, 0.717) is 29.2 Å². The Morgan fingerprint density at radius 1 is 1.32 bits per heavy atom. The van der Waals surface area contributed by atoms with E-state index < -0.39 is 5.60 Å². The number of hydrogen-bond donors (Lipinski definition) is 1. The fourth-order valence-electron chi connectivity index (χ4n) is 3.03. The number of hydrogen-bond acceptors (Lipinski definition) is 7. The minimum atomic E-state index is -1.30. The van der Waals surface area contributed by atoms with Crippen molar-refractivity contribution in [3.05, 3.63) is 45.8 Å². The molecule has 4 aromatic rings. The Balaban J connectivity index is 2.02. The van der Waals surface area contributed by atoms with Crippen LogP contribution in [0.25, 0.3) is 28.1 Å². The van der Waals surface area contributed by atoms with E-state index in [0.717, 1.165) is 5.52 Å². The molecule has 1 aromatic carbocycles. The third kappa shape index (κ3) is 2.97. The average Bonchev–Trinajstić information content (AvgIpc) is 3.28. The minimum Gasteiger partial charge on any atom is -0.383 e. The molecule has 0 fully saturated rings.